The molecule has 0 aromatic carbocycles. The molecule has 1 atom stereocenters. The van der Waals surface area contributed by atoms with Crippen LogP contribution < -0.4 is 0 Å². The molecule has 0 spiro atoms. The summed E-state index contributed by atoms with van der Waals surface area (Å²) in [5, 5.41) is 9.04. The Kier molecular flexibility index (Phi) is 12.1. The number of hydrogen-bond donors (Lipinski definition) is 1. The summed E-state index contributed by atoms with van der Waals surface area (Å²) in [5.74, 6) is 10.7. The highest BCUT2D eigenvalue weighted by atomic mass is 16.3. The first-order chi connectivity index (χ1) is 8.81. The Balaban J connectivity index is 3.67. The predicted molar refractivity (Wildman–Crippen MR) is 78.8 cm³/mol. The summed E-state index contributed by atoms with van der Waals surface area (Å²) in [6.07, 6.45) is 14.5. The van der Waals surface area contributed by atoms with E-state index in [0.29, 0.717) is 6.42 Å². The highest BCUT2D eigenvalue weighted by Gasteiger charge is 1.83. The lowest BCUT2D eigenvalue weighted by Gasteiger charge is -1.89. The maximum absolute atomic E-state index is 9.04. The van der Waals surface area contributed by atoms with Gasteiger partial charge in [-0.15, -0.1) is 0 Å². The average Bonchev–Trinajstić information content (AvgIpc) is 2.39. The summed E-state index contributed by atoms with van der Waals surface area (Å²) in [5.41, 5.74) is 0. The zero-order chi connectivity index (χ0) is 13.5. The Morgan fingerprint density at radius 2 is 1.94 bits per heavy atom. The van der Waals surface area contributed by atoms with E-state index in [1.54, 1.807) is 0 Å². The van der Waals surface area contributed by atoms with Crippen LogP contribution in [-0.4, -0.2) is 11.2 Å². The van der Waals surface area contributed by atoms with Crippen molar-refractivity contribution >= 4 is 0 Å². The monoisotopic (exact) mass is 242 g/mol. The van der Waals surface area contributed by atoms with Crippen molar-refractivity contribution in [1.29, 1.82) is 0 Å². The summed E-state index contributed by atoms with van der Waals surface area (Å²) in [4.78, 5) is 0. The number of unbranched alkanes of at least 4 members (excludes halogenated alkanes) is 3. The van der Waals surface area contributed by atoms with E-state index in [4.69, 9.17) is 5.11 Å². The summed E-state index contributed by atoms with van der Waals surface area (Å²) in [6.45, 7) is 5.62. The first kappa shape index (κ1) is 16.3. The van der Waals surface area contributed by atoms with Crippen LogP contribution in [0.1, 0.15) is 39.0 Å². The molecule has 1 N–H and O–H groups in total. The van der Waals surface area contributed by atoms with E-state index in [1.165, 1.54) is 25.3 Å². The van der Waals surface area contributed by atoms with Gasteiger partial charge in [0.15, 0.2) is 0 Å². The fraction of sp³-hybridized carbons (Fsp3) is 0.412. The van der Waals surface area contributed by atoms with Crippen LogP contribution in [0.2, 0.25) is 0 Å². The number of aliphatic hydroxyl groups excluding tert-OH is 1. The van der Waals surface area contributed by atoms with E-state index in [2.05, 4.69) is 49.3 Å². The third-order valence-electron chi connectivity index (χ3n) is 2.17. The maximum Gasteiger partial charge on any atom is 0.134 e. The van der Waals surface area contributed by atoms with Gasteiger partial charge < -0.3 is 5.11 Å². The van der Waals surface area contributed by atoms with Crippen molar-refractivity contribution in [3.05, 3.63) is 37.0 Å². The molecule has 1 nitrogen and oxygen atoms in total. The topological polar surface area (TPSA) is 20.2 Å². The van der Waals surface area contributed by atoms with Gasteiger partial charge in [-0.25, -0.2) is 0 Å². The SMILES string of the molecule is C=C[C@H](O)C#CC#CC/C=C\C=C/CCCCC. The van der Waals surface area contributed by atoms with Crippen molar-refractivity contribution in [3.63, 3.8) is 0 Å². The standard InChI is InChI=1S/C17H22O/c1-3-5-6-7-8-9-10-11-12-13-14-15-16-17(18)4-2/h4,8-11,17-18H,2-3,5-7,12H2,1H3/b9-8-,11-10-/t17-/m0/s1. The van der Waals surface area contributed by atoms with Gasteiger partial charge in [-0.1, -0.05) is 68.6 Å². The average molecular weight is 242 g/mol. The molecule has 1 heteroatoms. The van der Waals surface area contributed by atoms with Crippen LogP contribution >= 0.6 is 0 Å². The molecule has 18 heavy (non-hydrogen) atoms. The van der Waals surface area contributed by atoms with Crippen LogP contribution in [0.4, 0.5) is 0 Å². The second kappa shape index (κ2) is 13.4. The van der Waals surface area contributed by atoms with Gasteiger partial charge >= 0.3 is 0 Å². The Hall–Kier alpha value is -1.70. The van der Waals surface area contributed by atoms with Crippen molar-refractivity contribution < 1.29 is 5.11 Å². The quantitative estimate of drug-likeness (QED) is 0.313. The third-order valence-corrected chi connectivity index (χ3v) is 2.17. The van der Waals surface area contributed by atoms with Gasteiger partial charge in [0, 0.05) is 6.42 Å². The Morgan fingerprint density at radius 1 is 1.17 bits per heavy atom. The van der Waals surface area contributed by atoms with Gasteiger partial charge in [-0.3, -0.25) is 0 Å². The third kappa shape index (κ3) is 12.4. The van der Waals surface area contributed by atoms with Gasteiger partial charge in [0.25, 0.3) is 0 Å². The van der Waals surface area contributed by atoms with Gasteiger partial charge in [0.05, 0.1) is 0 Å². The summed E-state index contributed by atoms with van der Waals surface area (Å²) in [7, 11) is 0. The first-order valence-corrected chi connectivity index (χ1v) is 6.42. The zero-order valence-corrected chi connectivity index (χ0v) is 11.2. The van der Waals surface area contributed by atoms with Gasteiger partial charge in [-0.05, 0) is 24.7 Å². The molecule has 0 aromatic heterocycles. The van der Waals surface area contributed by atoms with E-state index in [9.17, 15) is 0 Å². The number of hydrogen-bond acceptors (Lipinski definition) is 1. The molecule has 96 valence electrons. The van der Waals surface area contributed by atoms with Crippen LogP contribution in [0, 0.1) is 23.7 Å². The second-order valence-electron chi connectivity index (χ2n) is 3.81. The molecule has 0 aliphatic heterocycles. The molecule has 0 aromatic rings. The molecule has 0 aliphatic carbocycles. The molecular formula is C17H22O. The van der Waals surface area contributed by atoms with E-state index in [0.717, 1.165) is 6.42 Å². The number of allylic oxidation sites excluding steroid dienone is 4. The first-order valence-electron chi connectivity index (χ1n) is 6.42. The summed E-state index contributed by atoms with van der Waals surface area (Å²) < 4.78 is 0. The highest BCUT2D eigenvalue weighted by molar-refractivity contribution is 5.29. The summed E-state index contributed by atoms with van der Waals surface area (Å²) in [6, 6.07) is 0. The minimum atomic E-state index is -0.777. The Labute approximate surface area is 111 Å². The second-order valence-corrected chi connectivity index (χ2v) is 3.81. The molecule has 0 bridgehead atoms. The largest absolute Gasteiger partial charge is 0.377 e. The van der Waals surface area contributed by atoms with Crippen molar-refractivity contribution in [2.45, 2.75) is 45.1 Å². The lowest BCUT2D eigenvalue weighted by Crippen LogP contribution is -1.94. The van der Waals surface area contributed by atoms with Crippen LogP contribution in [-0.2, 0) is 0 Å². The molecule has 0 rings (SSSR count). The van der Waals surface area contributed by atoms with Crippen molar-refractivity contribution in [3.8, 4) is 23.7 Å². The Bertz CT molecular complexity index is 379. The van der Waals surface area contributed by atoms with Crippen LogP contribution in [0.3, 0.4) is 0 Å². The minimum Gasteiger partial charge on any atom is -0.377 e. The van der Waals surface area contributed by atoms with Crippen LogP contribution in [0.15, 0.2) is 37.0 Å². The fourth-order valence-corrected chi connectivity index (χ4v) is 1.16. The molecule has 0 unspecified atom stereocenters. The normalized spacial score (nSPS) is 11.7. The van der Waals surface area contributed by atoms with E-state index >= 15 is 0 Å². The molecule has 0 saturated carbocycles. The lowest BCUT2D eigenvalue weighted by molar-refractivity contribution is 0.281. The van der Waals surface area contributed by atoms with E-state index in [-0.39, 0.29) is 0 Å². The highest BCUT2D eigenvalue weighted by Crippen LogP contribution is 1.99. The van der Waals surface area contributed by atoms with Gasteiger partial charge in [0.2, 0.25) is 0 Å². The number of aliphatic hydroxyl groups is 1. The van der Waals surface area contributed by atoms with Gasteiger partial charge in [0.1, 0.15) is 6.10 Å². The summed E-state index contributed by atoms with van der Waals surface area (Å²) >= 11 is 0. The van der Waals surface area contributed by atoms with Crippen molar-refractivity contribution in [1.82, 2.24) is 0 Å². The zero-order valence-electron chi connectivity index (χ0n) is 11.2. The van der Waals surface area contributed by atoms with Crippen LogP contribution in [0.5, 0.6) is 0 Å². The molecule has 0 heterocycles. The van der Waals surface area contributed by atoms with E-state index in [1.807, 2.05) is 12.2 Å². The molecular weight excluding hydrogens is 220 g/mol. The van der Waals surface area contributed by atoms with Crippen LogP contribution in [0.25, 0.3) is 0 Å². The Morgan fingerprint density at radius 3 is 2.67 bits per heavy atom. The molecule has 0 radical (unpaired) electrons. The van der Waals surface area contributed by atoms with Crippen molar-refractivity contribution in [2.75, 3.05) is 0 Å². The number of rotatable bonds is 7. The minimum absolute atomic E-state index is 0.679. The van der Waals surface area contributed by atoms with E-state index < -0.39 is 6.10 Å². The fourth-order valence-electron chi connectivity index (χ4n) is 1.16. The molecule has 0 fully saturated rings. The van der Waals surface area contributed by atoms with Crippen molar-refractivity contribution in [2.24, 2.45) is 0 Å². The molecule has 0 amide bonds. The van der Waals surface area contributed by atoms with Gasteiger partial charge in [-0.2, -0.15) is 0 Å². The molecule has 0 aliphatic rings. The maximum atomic E-state index is 9.04. The predicted octanol–water partition coefficient (Wildman–Crippen LogP) is 3.62. The smallest absolute Gasteiger partial charge is 0.134 e. The lowest BCUT2D eigenvalue weighted by atomic mass is 10.2. The molecule has 0 saturated heterocycles.